The lowest BCUT2D eigenvalue weighted by Crippen LogP contribution is -2.22. The topological polar surface area (TPSA) is 23.5 Å². The van der Waals surface area contributed by atoms with E-state index in [1.807, 2.05) is 12.1 Å². The Hall–Kier alpha value is -1.32. The highest BCUT2D eigenvalue weighted by Gasteiger charge is 2.14. The first-order valence-corrected chi connectivity index (χ1v) is 7.78. The Bertz CT molecular complexity index is 612. The van der Waals surface area contributed by atoms with Crippen molar-refractivity contribution in [1.82, 2.24) is 4.90 Å². The first-order chi connectivity index (χ1) is 9.72. The second kappa shape index (κ2) is 5.98. The first-order valence-electron chi connectivity index (χ1n) is 6.99. The van der Waals surface area contributed by atoms with E-state index < -0.39 is 0 Å². The molecule has 0 saturated heterocycles. The van der Waals surface area contributed by atoms with Gasteiger partial charge in [0.25, 0.3) is 0 Å². The van der Waals surface area contributed by atoms with Crippen LogP contribution in [0.2, 0.25) is 0 Å². The van der Waals surface area contributed by atoms with E-state index in [4.69, 9.17) is 0 Å². The number of phenolic OH excluding ortho intramolecular Hbond substituents is 1. The van der Waals surface area contributed by atoms with Crippen LogP contribution in [0.3, 0.4) is 0 Å². The highest BCUT2D eigenvalue weighted by Crippen LogP contribution is 2.26. The van der Waals surface area contributed by atoms with Crippen LogP contribution in [-0.2, 0) is 19.5 Å². The highest BCUT2D eigenvalue weighted by molar-refractivity contribution is 9.10. The number of hydrogen-bond acceptors (Lipinski definition) is 2. The van der Waals surface area contributed by atoms with Gasteiger partial charge in [0.05, 0.1) is 4.47 Å². The number of aromatic hydroxyl groups is 1. The number of benzene rings is 2. The molecule has 2 nitrogen and oxygen atoms in total. The average molecular weight is 332 g/mol. The summed E-state index contributed by atoms with van der Waals surface area (Å²) in [7, 11) is 0. The number of fused-ring (bicyclic) bond motifs is 1. The molecule has 20 heavy (non-hydrogen) atoms. The van der Waals surface area contributed by atoms with Crippen molar-refractivity contribution in [1.29, 1.82) is 0 Å². The Balaban J connectivity index is 1.76. The summed E-state index contributed by atoms with van der Waals surface area (Å²) in [5, 5.41) is 9.56. The average Bonchev–Trinajstić information content (AvgIpc) is 2.64. The molecule has 0 amide bonds. The third kappa shape index (κ3) is 3.05. The Kier molecular flexibility index (Phi) is 4.08. The summed E-state index contributed by atoms with van der Waals surface area (Å²) in [6, 6.07) is 14.5. The molecule has 0 spiro atoms. The molecule has 1 aliphatic heterocycles. The lowest BCUT2D eigenvalue weighted by atomic mass is 10.0. The molecule has 0 atom stereocenters. The van der Waals surface area contributed by atoms with Crippen LogP contribution >= 0.6 is 15.9 Å². The number of aryl methyl sites for hydroxylation is 1. The van der Waals surface area contributed by atoms with E-state index in [2.05, 4.69) is 45.1 Å². The smallest absolute Gasteiger partial charge is 0.129 e. The Morgan fingerprint density at radius 1 is 1.10 bits per heavy atom. The van der Waals surface area contributed by atoms with Crippen LogP contribution in [0.1, 0.15) is 23.1 Å². The van der Waals surface area contributed by atoms with E-state index in [1.165, 1.54) is 29.5 Å². The zero-order chi connectivity index (χ0) is 13.9. The van der Waals surface area contributed by atoms with Crippen molar-refractivity contribution in [2.24, 2.45) is 0 Å². The van der Waals surface area contributed by atoms with E-state index in [0.717, 1.165) is 24.1 Å². The minimum atomic E-state index is 0.301. The van der Waals surface area contributed by atoms with Crippen LogP contribution < -0.4 is 0 Å². The molecular formula is C17H18BrNO. The fourth-order valence-corrected chi connectivity index (χ4v) is 3.24. The van der Waals surface area contributed by atoms with Crippen molar-refractivity contribution in [3.63, 3.8) is 0 Å². The van der Waals surface area contributed by atoms with Crippen LogP contribution in [0.15, 0.2) is 46.9 Å². The van der Waals surface area contributed by atoms with E-state index in [1.54, 1.807) is 6.07 Å². The summed E-state index contributed by atoms with van der Waals surface area (Å²) in [6.07, 6.45) is 2.38. The molecule has 0 bridgehead atoms. The van der Waals surface area contributed by atoms with Gasteiger partial charge in [-0.3, -0.25) is 4.90 Å². The van der Waals surface area contributed by atoms with Crippen molar-refractivity contribution in [3.05, 3.63) is 63.6 Å². The van der Waals surface area contributed by atoms with Gasteiger partial charge in [-0.05, 0) is 64.1 Å². The minimum Gasteiger partial charge on any atom is -0.507 e. The summed E-state index contributed by atoms with van der Waals surface area (Å²) in [6.45, 7) is 3.05. The van der Waals surface area contributed by atoms with Crippen molar-refractivity contribution >= 4 is 15.9 Å². The number of halogens is 1. The van der Waals surface area contributed by atoms with Crippen LogP contribution in [-0.4, -0.2) is 16.6 Å². The largest absolute Gasteiger partial charge is 0.507 e. The number of nitrogens with zero attached hydrogens (tertiary/aromatic N) is 1. The van der Waals surface area contributed by atoms with Gasteiger partial charge in [-0.2, -0.15) is 0 Å². The van der Waals surface area contributed by atoms with Gasteiger partial charge in [-0.1, -0.05) is 30.3 Å². The molecule has 1 N–H and O–H groups in total. The lowest BCUT2D eigenvalue weighted by Gasteiger charge is -2.20. The van der Waals surface area contributed by atoms with Crippen molar-refractivity contribution in [3.8, 4) is 5.75 Å². The van der Waals surface area contributed by atoms with Crippen molar-refractivity contribution in [2.75, 3.05) is 6.54 Å². The van der Waals surface area contributed by atoms with Crippen LogP contribution in [0, 0.1) is 0 Å². The Morgan fingerprint density at radius 2 is 1.90 bits per heavy atom. The fourth-order valence-electron chi connectivity index (χ4n) is 2.81. The second-order valence-corrected chi connectivity index (χ2v) is 6.22. The molecule has 0 radical (unpaired) electrons. The summed E-state index contributed by atoms with van der Waals surface area (Å²) < 4.78 is 0.769. The maximum absolute atomic E-state index is 9.56. The van der Waals surface area contributed by atoms with Gasteiger partial charge in [0.15, 0.2) is 0 Å². The lowest BCUT2D eigenvalue weighted by molar-refractivity contribution is 0.261. The van der Waals surface area contributed by atoms with Gasteiger partial charge in [-0.15, -0.1) is 0 Å². The van der Waals surface area contributed by atoms with E-state index in [0.29, 0.717) is 5.75 Å². The van der Waals surface area contributed by atoms with Gasteiger partial charge in [0.1, 0.15) is 5.75 Å². The molecule has 2 aromatic rings. The normalized spacial score (nSPS) is 15.7. The molecule has 3 rings (SSSR count). The van der Waals surface area contributed by atoms with E-state index in [9.17, 15) is 5.11 Å². The predicted octanol–water partition coefficient (Wildman–Crippen LogP) is 4.10. The SMILES string of the molecule is Oc1ccc(CN2CCCc3ccccc3C2)cc1Br. The summed E-state index contributed by atoms with van der Waals surface area (Å²) in [5.74, 6) is 0.301. The molecule has 104 valence electrons. The van der Waals surface area contributed by atoms with Crippen molar-refractivity contribution < 1.29 is 5.11 Å². The maximum Gasteiger partial charge on any atom is 0.129 e. The van der Waals surface area contributed by atoms with E-state index >= 15 is 0 Å². The first kappa shape index (κ1) is 13.7. The monoisotopic (exact) mass is 331 g/mol. The second-order valence-electron chi connectivity index (χ2n) is 5.37. The predicted molar refractivity (Wildman–Crippen MR) is 84.7 cm³/mol. The summed E-state index contributed by atoms with van der Waals surface area (Å²) in [4.78, 5) is 2.48. The Labute approximate surface area is 128 Å². The molecule has 1 heterocycles. The molecule has 0 aliphatic carbocycles. The van der Waals surface area contributed by atoms with Gasteiger partial charge in [0, 0.05) is 13.1 Å². The van der Waals surface area contributed by atoms with Crippen LogP contribution in [0.25, 0.3) is 0 Å². The van der Waals surface area contributed by atoms with Crippen LogP contribution in [0.5, 0.6) is 5.75 Å². The Morgan fingerprint density at radius 3 is 2.70 bits per heavy atom. The third-order valence-corrected chi connectivity index (χ3v) is 4.49. The van der Waals surface area contributed by atoms with E-state index in [-0.39, 0.29) is 0 Å². The summed E-state index contributed by atoms with van der Waals surface area (Å²) in [5.41, 5.74) is 4.17. The standard InChI is InChI=1S/C17H18BrNO/c18-16-10-13(7-8-17(16)20)11-19-9-3-6-14-4-1-2-5-15(14)12-19/h1-2,4-5,7-8,10,20H,3,6,9,11-12H2. The van der Waals surface area contributed by atoms with Gasteiger partial charge < -0.3 is 5.11 Å². The summed E-state index contributed by atoms with van der Waals surface area (Å²) >= 11 is 3.38. The number of rotatable bonds is 2. The number of hydrogen-bond donors (Lipinski definition) is 1. The molecule has 0 saturated carbocycles. The molecule has 2 aromatic carbocycles. The molecular weight excluding hydrogens is 314 g/mol. The number of phenols is 1. The van der Waals surface area contributed by atoms with Gasteiger partial charge in [-0.25, -0.2) is 0 Å². The maximum atomic E-state index is 9.56. The molecule has 0 aromatic heterocycles. The van der Waals surface area contributed by atoms with Gasteiger partial charge in [0.2, 0.25) is 0 Å². The van der Waals surface area contributed by atoms with Gasteiger partial charge >= 0.3 is 0 Å². The quantitative estimate of drug-likeness (QED) is 0.895. The zero-order valence-electron chi connectivity index (χ0n) is 11.3. The third-order valence-electron chi connectivity index (χ3n) is 3.85. The van der Waals surface area contributed by atoms with Crippen molar-refractivity contribution in [2.45, 2.75) is 25.9 Å². The molecule has 0 fully saturated rings. The molecule has 3 heteroatoms. The molecule has 0 unspecified atom stereocenters. The minimum absolute atomic E-state index is 0.301. The zero-order valence-corrected chi connectivity index (χ0v) is 12.9. The van der Waals surface area contributed by atoms with Crippen LogP contribution in [0.4, 0.5) is 0 Å². The molecule has 1 aliphatic rings. The fraction of sp³-hybridized carbons (Fsp3) is 0.294. The highest BCUT2D eigenvalue weighted by atomic mass is 79.9.